The fourth-order valence-corrected chi connectivity index (χ4v) is 3.29. The smallest absolute Gasteiger partial charge is 0.276 e. The van der Waals surface area contributed by atoms with Crippen molar-refractivity contribution in [3.63, 3.8) is 0 Å². The Labute approximate surface area is 132 Å². The summed E-state index contributed by atoms with van der Waals surface area (Å²) in [6.45, 7) is 0. The van der Waals surface area contributed by atoms with E-state index in [1.807, 2.05) is 24.3 Å². The summed E-state index contributed by atoms with van der Waals surface area (Å²) >= 11 is 0. The van der Waals surface area contributed by atoms with E-state index in [0.29, 0.717) is 24.0 Å². The molecule has 2 N–H and O–H groups in total. The first kappa shape index (κ1) is 13.8. The number of rotatable bonds is 3. The van der Waals surface area contributed by atoms with Gasteiger partial charge in [-0.25, -0.2) is 0 Å². The third-order valence-corrected chi connectivity index (χ3v) is 4.40. The molecule has 0 radical (unpaired) electrons. The topological polar surface area (TPSA) is 82.3 Å². The van der Waals surface area contributed by atoms with Crippen LogP contribution in [0.25, 0.3) is 10.9 Å². The number of imide groups is 1. The number of hydrogen-bond donors (Lipinski definition) is 2. The maximum atomic E-state index is 12.2. The average molecular weight is 309 g/mol. The number of nitrogens with zero attached hydrogens (tertiary/aromatic N) is 1. The molecule has 0 fully saturated rings. The molecule has 0 unspecified atom stereocenters. The zero-order valence-corrected chi connectivity index (χ0v) is 12.4. The zero-order valence-electron chi connectivity index (χ0n) is 12.4. The molecule has 1 aromatic carbocycles. The van der Waals surface area contributed by atoms with Gasteiger partial charge in [0, 0.05) is 28.2 Å². The zero-order chi connectivity index (χ0) is 16.0. The second kappa shape index (κ2) is 5.08. The predicted octanol–water partition coefficient (Wildman–Crippen LogP) is 1.59. The van der Waals surface area contributed by atoms with Crippen LogP contribution in [0.3, 0.4) is 0 Å². The molecule has 3 amide bonds. The van der Waals surface area contributed by atoms with Gasteiger partial charge in [-0.1, -0.05) is 18.2 Å². The number of carbonyl (C=O) groups is 3. The fourth-order valence-electron chi connectivity index (χ4n) is 3.29. The third kappa shape index (κ3) is 2.14. The highest BCUT2D eigenvalue weighted by Crippen LogP contribution is 2.33. The first-order valence-electron chi connectivity index (χ1n) is 7.60. The van der Waals surface area contributed by atoms with Crippen molar-refractivity contribution in [3.05, 3.63) is 47.2 Å². The van der Waals surface area contributed by atoms with Crippen molar-refractivity contribution >= 4 is 28.6 Å². The Hall–Kier alpha value is -2.89. The van der Waals surface area contributed by atoms with Crippen LogP contribution in [0.5, 0.6) is 0 Å². The largest absolute Gasteiger partial charge is 0.361 e. The van der Waals surface area contributed by atoms with E-state index in [1.165, 1.54) is 0 Å². The van der Waals surface area contributed by atoms with Crippen molar-refractivity contribution in [1.82, 2.24) is 15.4 Å². The van der Waals surface area contributed by atoms with Crippen molar-refractivity contribution in [2.75, 3.05) is 0 Å². The lowest BCUT2D eigenvalue weighted by Crippen LogP contribution is -2.47. The van der Waals surface area contributed by atoms with Gasteiger partial charge in [0.05, 0.1) is 6.42 Å². The number of H-pyrrole nitrogens is 1. The summed E-state index contributed by atoms with van der Waals surface area (Å²) in [5, 5.41) is 1.82. The van der Waals surface area contributed by atoms with E-state index in [4.69, 9.17) is 0 Å². The molecule has 2 aliphatic rings. The van der Waals surface area contributed by atoms with Gasteiger partial charge >= 0.3 is 0 Å². The number of hydrogen-bond acceptors (Lipinski definition) is 3. The van der Waals surface area contributed by atoms with Crippen LogP contribution in [-0.2, 0) is 20.8 Å². The van der Waals surface area contributed by atoms with E-state index in [2.05, 4.69) is 10.4 Å². The average Bonchev–Trinajstić information content (AvgIpc) is 3.23. The molecule has 6 nitrogen and oxygen atoms in total. The van der Waals surface area contributed by atoms with Gasteiger partial charge in [0.25, 0.3) is 11.8 Å². The van der Waals surface area contributed by atoms with Gasteiger partial charge < -0.3 is 4.98 Å². The summed E-state index contributed by atoms with van der Waals surface area (Å²) in [6, 6.07) is 7.67. The minimum absolute atomic E-state index is 0.103. The molecule has 0 atom stereocenters. The van der Waals surface area contributed by atoms with Crippen molar-refractivity contribution in [1.29, 1.82) is 0 Å². The molecule has 1 aliphatic carbocycles. The van der Waals surface area contributed by atoms with E-state index in [9.17, 15) is 14.4 Å². The quantitative estimate of drug-likeness (QED) is 0.845. The van der Waals surface area contributed by atoms with Crippen LogP contribution >= 0.6 is 0 Å². The second-order valence-electron chi connectivity index (χ2n) is 5.83. The van der Waals surface area contributed by atoms with E-state index in [1.54, 1.807) is 6.20 Å². The number of aromatic nitrogens is 1. The van der Waals surface area contributed by atoms with Crippen LogP contribution in [0.1, 0.15) is 24.8 Å². The molecular weight excluding hydrogens is 294 g/mol. The van der Waals surface area contributed by atoms with Crippen LogP contribution in [0.2, 0.25) is 0 Å². The number of amides is 3. The van der Waals surface area contributed by atoms with Crippen LogP contribution in [0.4, 0.5) is 0 Å². The minimum Gasteiger partial charge on any atom is -0.361 e. The Kier molecular flexibility index (Phi) is 3.04. The number of fused-ring (bicyclic) bond motifs is 1. The maximum Gasteiger partial charge on any atom is 0.276 e. The summed E-state index contributed by atoms with van der Waals surface area (Å²) in [5.74, 6) is -1.14. The molecule has 1 aromatic heterocycles. The minimum atomic E-state index is -0.380. The van der Waals surface area contributed by atoms with E-state index >= 15 is 0 Å². The lowest BCUT2D eigenvalue weighted by molar-refractivity contribution is -0.147. The van der Waals surface area contributed by atoms with Crippen LogP contribution in [0.15, 0.2) is 41.6 Å². The van der Waals surface area contributed by atoms with Crippen molar-refractivity contribution in [3.8, 4) is 0 Å². The van der Waals surface area contributed by atoms with Crippen molar-refractivity contribution in [2.45, 2.75) is 25.7 Å². The van der Waals surface area contributed by atoms with Crippen molar-refractivity contribution in [2.24, 2.45) is 0 Å². The number of hydrazine groups is 1. The Morgan fingerprint density at radius 1 is 1.13 bits per heavy atom. The van der Waals surface area contributed by atoms with Gasteiger partial charge in [-0.05, 0) is 30.9 Å². The van der Waals surface area contributed by atoms with Crippen molar-refractivity contribution < 1.29 is 14.4 Å². The lowest BCUT2D eigenvalue weighted by Gasteiger charge is -2.17. The Balaban J connectivity index is 1.49. The highest BCUT2D eigenvalue weighted by atomic mass is 16.2. The Morgan fingerprint density at radius 2 is 1.83 bits per heavy atom. The van der Waals surface area contributed by atoms with Gasteiger partial charge in [-0.2, -0.15) is 5.01 Å². The van der Waals surface area contributed by atoms with E-state index in [0.717, 1.165) is 27.9 Å². The molecule has 23 heavy (non-hydrogen) atoms. The standard InChI is InChI=1S/C17H15N3O3/c21-15(8-10-9-18-14-7-2-1-4-11(10)14)19-20-16(22)12-5-3-6-13(12)17(20)23/h1-2,4,7,9,18H,3,5-6,8H2,(H,19,21). The number of aromatic amines is 1. The van der Waals surface area contributed by atoms with Crippen LogP contribution in [0, 0.1) is 0 Å². The monoisotopic (exact) mass is 309 g/mol. The lowest BCUT2D eigenvalue weighted by atomic mass is 10.1. The number of carbonyl (C=O) groups excluding carboxylic acids is 3. The van der Waals surface area contributed by atoms with Gasteiger partial charge in [0.15, 0.2) is 0 Å². The molecule has 116 valence electrons. The summed E-state index contributed by atoms with van der Waals surface area (Å²) in [5.41, 5.74) is 5.34. The molecule has 0 saturated carbocycles. The van der Waals surface area contributed by atoms with Gasteiger partial charge in [0.2, 0.25) is 5.91 Å². The molecule has 2 heterocycles. The van der Waals surface area contributed by atoms with Crippen LogP contribution < -0.4 is 5.43 Å². The third-order valence-electron chi connectivity index (χ3n) is 4.40. The summed E-state index contributed by atoms with van der Waals surface area (Å²) in [4.78, 5) is 39.7. The second-order valence-corrected chi connectivity index (χ2v) is 5.83. The molecule has 1 aliphatic heterocycles. The molecule has 0 bridgehead atoms. The highest BCUT2D eigenvalue weighted by Gasteiger charge is 2.41. The molecule has 6 heteroatoms. The maximum absolute atomic E-state index is 12.2. The predicted molar refractivity (Wildman–Crippen MR) is 82.9 cm³/mol. The first-order valence-corrected chi connectivity index (χ1v) is 7.60. The van der Waals surface area contributed by atoms with Gasteiger partial charge in [0.1, 0.15) is 0 Å². The highest BCUT2D eigenvalue weighted by molar-refractivity contribution is 6.20. The molecule has 0 saturated heterocycles. The van der Waals surface area contributed by atoms with E-state index in [-0.39, 0.29) is 24.1 Å². The summed E-state index contributed by atoms with van der Waals surface area (Å²) in [7, 11) is 0. The molecule has 0 spiro atoms. The Bertz CT molecular complexity index is 852. The molecule has 4 rings (SSSR count). The normalized spacial score (nSPS) is 17.3. The number of benzene rings is 1. The summed E-state index contributed by atoms with van der Waals surface area (Å²) in [6.07, 6.45) is 3.95. The SMILES string of the molecule is O=C(Cc1c[nH]c2ccccc12)NN1C(=O)C2=C(CCC2)C1=O. The van der Waals surface area contributed by atoms with E-state index < -0.39 is 0 Å². The van der Waals surface area contributed by atoms with Gasteiger partial charge in [-0.3, -0.25) is 19.8 Å². The number of para-hydroxylation sites is 1. The molecule has 2 aromatic rings. The first-order chi connectivity index (χ1) is 11.1. The van der Waals surface area contributed by atoms with Gasteiger partial charge in [-0.15, -0.1) is 0 Å². The Morgan fingerprint density at radius 3 is 2.57 bits per heavy atom. The number of nitrogens with one attached hydrogen (secondary N) is 2. The van der Waals surface area contributed by atoms with Crippen LogP contribution in [-0.4, -0.2) is 27.7 Å². The fraction of sp³-hybridized carbons (Fsp3) is 0.235. The molecular formula is C17H15N3O3. The summed E-state index contributed by atoms with van der Waals surface area (Å²) < 4.78 is 0.